The Kier molecular flexibility index (Phi) is 8.10. The number of rotatable bonds is 8. The first-order chi connectivity index (χ1) is 16.8. The van der Waals surface area contributed by atoms with E-state index in [1.165, 1.54) is 38.5 Å². The molecule has 0 aromatic carbocycles. The lowest BCUT2D eigenvalue weighted by molar-refractivity contribution is -0.154. The van der Waals surface area contributed by atoms with E-state index in [2.05, 4.69) is 26.8 Å². The number of nitrogens with two attached hydrogens (primary N) is 1. The van der Waals surface area contributed by atoms with E-state index in [9.17, 15) is 9.90 Å². The third kappa shape index (κ3) is 5.33. The number of carbonyl (C=O) groups excluding carboxylic acids is 1. The average Bonchev–Trinajstić information content (AvgIpc) is 3.15. The monoisotopic (exact) mass is 501 g/mol. The van der Waals surface area contributed by atoms with Crippen molar-refractivity contribution in [1.29, 1.82) is 0 Å². The standard InChI is InChI=1S/C32H55NO3/c1-20(2)28(33)29(34)36-23-14-17-31(6)22(19-23)10-11-24-26-13-12-25(32(26,7)18-15-27(24)31)21(3)9-8-16-30(4,5)35/h10,20-21,23-28,35H,8-9,11-19,33H2,1-7H3/t21-,23+,24+,25-,26+,27+,28-,31+,32-/m1/s1. The molecular weight excluding hydrogens is 446 g/mol. The highest BCUT2D eigenvalue weighted by Crippen LogP contribution is 2.67. The zero-order chi connectivity index (χ0) is 26.5. The largest absolute Gasteiger partial charge is 0.461 e. The van der Waals surface area contributed by atoms with Gasteiger partial charge in [0.05, 0.1) is 5.60 Å². The summed E-state index contributed by atoms with van der Waals surface area (Å²) >= 11 is 0. The molecule has 4 nitrogen and oxygen atoms in total. The molecule has 3 N–H and O–H groups in total. The van der Waals surface area contributed by atoms with Crippen LogP contribution < -0.4 is 5.73 Å². The lowest BCUT2D eigenvalue weighted by Crippen LogP contribution is -2.51. The van der Waals surface area contributed by atoms with Crippen LogP contribution in [0.15, 0.2) is 11.6 Å². The highest BCUT2D eigenvalue weighted by molar-refractivity contribution is 5.76. The second kappa shape index (κ2) is 10.4. The number of aliphatic hydroxyl groups is 1. The maximum atomic E-state index is 12.5. The van der Waals surface area contributed by atoms with Gasteiger partial charge in [0.15, 0.2) is 0 Å². The average molecular weight is 502 g/mol. The molecule has 36 heavy (non-hydrogen) atoms. The topological polar surface area (TPSA) is 72.6 Å². The fourth-order valence-electron chi connectivity index (χ4n) is 9.28. The van der Waals surface area contributed by atoms with Crippen molar-refractivity contribution in [2.75, 3.05) is 0 Å². The second-order valence-electron chi connectivity index (χ2n) is 14.7. The van der Waals surface area contributed by atoms with Gasteiger partial charge >= 0.3 is 5.97 Å². The summed E-state index contributed by atoms with van der Waals surface area (Å²) in [5.74, 6) is 3.86. The van der Waals surface area contributed by atoms with Gasteiger partial charge in [-0.3, -0.25) is 4.79 Å². The second-order valence-corrected chi connectivity index (χ2v) is 14.7. The highest BCUT2D eigenvalue weighted by atomic mass is 16.5. The highest BCUT2D eigenvalue weighted by Gasteiger charge is 2.59. The van der Waals surface area contributed by atoms with Gasteiger partial charge in [0.25, 0.3) is 0 Å². The summed E-state index contributed by atoms with van der Waals surface area (Å²) in [6.45, 7) is 15.5. The molecule has 3 saturated carbocycles. The number of allylic oxidation sites excluding steroid dienone is 1. The Morgan fingerprint density at radius 2 is 1.86 bits per heavy atom. The van der Waals surface area contributed by atoms with Crippen molar-refractivity contribution in [3.8, 4) is 0 Å². The fraction of sp³-hybridized carbons (Fsp3) is 0.906. The Balaban J connectivity index is 1.42. The van der Waals surface area contributed by atoms with Crippen LogP contribution in [0.25, 0.3) is 0 Å². The summed E-state index contributed by atoms with van der Waals surface area (Å²) in [6, 6.07) is -0.521. The van der Waals surface area contributed by atoms with Gasteiger partial charge in [0.1, 0.15) is 12.1 Å². The molecular formula is C32H55NO3. The van der Waals surface area contributed by atoms with Crippen LogP contribution in [-0.4, -0.2) is 28.8 Å². The number of hydrogen-bond donors (Lipinski definition) is 2. The lowest BCUT2D eigenvalue weighted by Gasteiger charge is -2.58. The summed E-state index contributed by atoms with van der Waals surface area (Å²) in [5, 5.41) is 10.2. The first-order valence-corrected chi connectivity index (χ1v) is 15.1. The first-order valence-electron chi connectivity index (χ1n) is 15.1. The first kappa shape index (κ1) is 28.1. The third-order valence-electron chi connectivity index (χ3n) is 11.5. The molecule has 0 aliphatic heterocycles. The van der Waals surface area contributed by atoms with Crippen LogP contribution in [0, 0.1) is 46.3 Å². The van der Waals surface area contributed by atoms with Crippen molar-refractivity contribution in [2.24, 2.45) is 52.1 Å². The lowest BCUT2D eigenvalue weighted by atomic mass is 9.47. The van der Waals surface area contributed by atoms with E-state index in [0.29, 0.717) is 5.41 Å². The Bertz CT molecular complexity index is 828. The zero-order valence-corrected chi connectivity index (χ0v) is 24.3. The predicted molar refractivity (Wildman–Crippen MR) is 147 cm³/mol. The van der Waals surface area contributed by atoms with Gasteiger partial charge in [-0.2, -0.15) is 0 Å². The molecule has 3 fully saturated rings. The zero-order valence-electron chi connectivity index (χ0n) is 24.3. The molecule has 0 spiro atoms. The molecule has 4 aliphatic rings. The van der Waals surface area contributed by atoms with Gasteiger partial charge in [-0.25, -0.2) is 0 Å². The molecule has 4 heteroatoms. The minimum Gasteiger partial charge on any atom is -0.461 e. The van der Waals surface area contributed by atoms with Crippen molar-refractivity contribution in [1.82, 2.24) is 0 Å². The SMILES string of the molecule is CC(C)[C@@H](N)C(=O)O[C@H]1CC[C@@]2(C)C(=CC[C@H]3[C@@H]4CC[C@H]([C@H](C)CCCC(C)(C)O)[C@@]4(C)CC[C@@H]32)C1. The van der Waals surface area contributed by atoms with Gasteiger partial charge in [0.2, 0.25) is 0 Å². The molecule has 0 saturated heterocycles. The van der Waals surface area contributed by atoms with Crippen LogP contribution in [0.5, 0.6) is 0 Å². The maximum absolute atomic E-state index is 12.5. The molecule has 0 heterocycles. The van der Waals surface area contributed by atoms with Crippen LogP contribution in [0.4, 0.5) is 0 Å². The Morgan fingerprint density at radius 1 is 1.14 bits per heavy atom. The summed E-state index contributed by atoms with van der Waals surface area (Å²) in [6.07, 6.45) is 15.5. The minimum atomic E-state index is -0.542. The Hall–Kier alpha value is -0.870. The molecule has 206 valence electrons. The van der Waals surface area contributed by atoms with Crippen LogP contribution >= 0.6 is 0 Å². The normalized spacial score (nSPS) is 40.1. The number of ether oxygens (including phenoxy) is 1. The Labute approximate surface area is 221 Å². The smallest absolute Gasteiger partial charge is 0.323 e. The predicted octanol–water partition coefficient (Wildman–Crippen LogP) is 7.04. The molecule has 0 unspecified atom stereocenters. The molecule has 0 radical (unpaired) electrons. The molecule has 0 bridgehead atoms. The Morgan fingerprint density at radius 3 is 2.53 bits per heavy atom. The van der Waals surface area contributed by atoms with Crippen molar-refractivity contribution in [3.05, 3.63) is 11.6 Å². The minimum absolute atomic E-state index is 0.00681. The molecule has 0 aromatic heterocycles. The number of carbonyl (C=O) groups is 1. The number of esters is 1. The number of hydrogen-bond acceptors (Lipinski definition) is 4. The summed E-state index contributed by atoms with van der Waals surface area (Å²) in [5.41, 5.74) is 7.82. The third-order valence-corrected chi connectivity index (χ3v) is 11.5. The van der Waals surface area contributed by atoms with Gasteiger partial charge in [0, 0.05) is 6.42 Å². The maximum Gasteiger partial charge on any atom is 0.323 e. The van der Waals surface area contributed by atoms with Crippen molar-refractivity contribution < 1.29 is 14.6 Å². The van der Waals surface area contributed by atoms with Crippen LogP contribution in [-0.2, 0) is 9.53 Å². The van der Waals surface area contributed by atoms with Crippen molar-refractivity contribution in [3.63, 3.8) is 0 Å². The van der Waals surface area contributed by atoms with Gasteiger partial charge in [-0.1, -0.05) is 59.1 Å². The van der Waals surface area contributed by atoms with Gasteiger partial charge in [-0.05, 0) is 112 Å². The van der Waals surface area contributed by atoms with E-state index in [1.807, 2.05) is 27.7 Å². The van der Waals surface area contributed by atoms with E-state index in [4.69, 9.17) is 10.5 Å². The van der Waals surface area contributed by atoms with Crippen LogP contribution in [0.2, 0.25) is 0 Å². The van der Waals surface area contributed by atoms with E-state index < -0.39 is 11.6 Å². The van der Waals surface area contributed by atoms with Crippen molar-refractivity contribution in [2.45, 2.75) is 137 Å². The summed E-state index contributed by atoms with van der Waals surface area (Å²) in [7, 11) is 0. The van der Waals surface area contributed by atoms with Gasteiger partial charge < -0.3 is 15.6 Å². The van der Waals surface area contributed by atoms with Crippen molar-refractivity contribution >= 4 is 5.97 Å². The van der Waals surface area contributed by atoms with E-state index in [-0.39, 0.29) is 23.4 Å². The molecule has 4 aliphatic carbocycles. The van der Waals surface area contributed by atoms with Crippen LogP contribution in [0.3, 0.4) is 0 Å². The molecule has 0 amide bonds. The summed E-state index contributed by atoms with van der Waals surface area (Å²) < 4.78 is 5.90. The van der Waals surface area contributed by atoms with Crippen LogP contribution in [0.1, 0.15) is 119 Å². The van der Waals surface area contributed by atoms with E-state index in [0.717, 1.165) is 61.7 Å². The quantitative estimate of drug-likeness (QED) is 0.276. The summed E-state index contributed by atoms with van der Waals surface area (Å²) in [4.78, 5) is 12.5. The van der Waals surface area contributed by atoms with Gasteiger partial charge in [-0.15, -0.1) is 0 Å². The fourth-order valence-corrected chi connectivity index (χ4v) is 9.28. The molecule has 0 aromatic rings. The molecule has 9 atom stereocenters. The molecule has 4 rings (SSSR count). The van der Waals surface area contributed by atoms with E-state index in [1.54, 1.807) is 5.57 Å². The number of fused-ring (bicyclic) bond motifs is 5. The van der Waals surface area contributed by atoms with E-state index >= 15 is 0 Å².